The van der Waals surface area contributed by atoms with Gasteiger partial charge < -0.3 is 5.32 Å². The van der Waals surface area contributed by atoms with Gasteiger partial charge in [0.25, 0.3) is 0 Å². The van der Waals surface area contributed by atoms with Gasteiger partial charge in [0.1, 0.15) is 0 Å². The molecule has 0 atom stereocenters. The minimum atomic E-state index is 0.799. The Morgan fingerprint density at radius 2 is 1.79 bits per heavy atom. The lowest BCUT2D eigenvalue weighted by molar-refractivity contribution is 0.925. The average molecular weight is 397 g/mol. The number of hydrogen-bond acceptors (Lipinski definition) is 2. The summed E-state index contributed by atoms with van der Waals surface area (Å²) in [7, 11) is 1.78. The van der Waals surface area contributed by atoms with Crippen LogP contribution < -0.4 is 5.32 Å². The van der Waals surface area contributed by atoms with E-state index in [1.807, 2.05) is 38.1 Å². The van der Waals surface area contributed by atoms with E-state index in [0.717, 1.165) is 23.0 Å². The van der Waals surface area contributed by atoms with Crippen LogP contribution in [0.1, 0.15) is 46.6 Å². The maximum absolute atomic E-state index is 4.15. The van der Waals surface area contributed by atoms with E-state index in [1.54, 1.807) is 18.8 Å². The molecule has 0 heterocycles. The second kappa shape index (κ2) is 15.8. The van der Waals surface area contributed by atoms with E-state index in [-0.39, 0.29) is 0 Å². The fraction of sp³-hybridized carbons (Fsp3) is 0.320. The van der Waals surface area contributed by atoms with E-state index in [2.05, 4.69) is 74.6 Å². The fourth-order valence-electron chi connectivity index (χ4n) is 2.19. The third-order valence-electron chi connectivity index (χ3n) is 3.99. The lowest BCUT2D eigenvalue weighted by atomic mass is 10.0. The highest BCUT2D eigenvalue weighted by molar-refractivity contribution is 8.17. The highest BCUT2D eigenvalue weighted by Crippen LogP contribution is 2.15. The van der Waals surface area contributed by atoms with Crippen LogP contribution in [0.3, 0.4) is 0 Å². The van der Waals surface area contributed by atoms with E-state index in [1.165, 1.54) is 22.3 Å². The summed E-state index contributed by atoms with van der Waals surface area (Å²) in [6, 6.07) is 10.3. The topological polar surface area (TPSA) is 24.4 Å². The number of amidine groups is 1. The van der Waals surface area contributed by atoms with Gasteiger partial charge >= 0.3 is 0 Å². The number of benzene rings is 1. The summed E-state index contributed by atoms with van der Waals surface area (Å²) >= 11 is 1.56. The van der Waals surface area contributed by atoms with Crippen LogP contribution in [0.5, 0.6) is 0 Å². The van der Waals surface area contributed by atoms with Crippen LogP contribution in [0.25, 0.3) is 0 Å². The van der Waals surface area contributed by atoms with Crippen molar-refractivity contribution in [3.8, 4) is 0 Å². The Balaban J connectivity index is 0.000000528. The van der Waals surface area contributed by atoms with Crippen molar-refractivity contribution in [3.63, 3.8) is 0 Å². The Bertz CT molecular complexity index is 722. The predicted molar refractivity (Wildman–Crippen MR) is 131 cm³/mol. The monoisotopic (exact) mass is 396 g/mol. The molecule has 0 unspecified atom stereocenters. The first-order valence-electron chi connectivity index (χ1n) is 9.62. The summed E-state index contributed by atoms with van der Waals surface area (Å²) in [5.74, 6) is 0. The van der Waals surface area contributed by atoms with E-state index >= 15 is 0 Å². The van der Waals surface area contributed by atoms with Gasteiger partial charge in [-0.15, -0.1) is 0 Å². The SMILES string of the molecule is C=C(C)SC(=NC)NCc1ccccc1.C=CC(=C\C(=C/C)CC)/C(C)=C/C. The molecule has 2 nitrogen and oxygen atoms in total. The molecule has 0 radical (unpaired) electrons. The van der Waals surface area contributed by atoms with Crippen LogP contribution >= 0.6 is 11.8 Å². The van der Waals surface area contributed by atoms with Crippen LogP contribution in [0.15, 0.2) is 94.4 Å². The van der Waals surface area contributed by atoms with E-state index in [4.69, 9.17) is 0 Å². The van der Waals surface area contributed by atoms with Crippen molar-refractivity contribution in [2.24, 2.45) is 4.99 Å². The van der Waals surface area contributed by atoms with Crippen molar-refractivity contribution in [1.29, 1.82) is 0 Å². The van der Waals surface area contributed by atoms with E-state index in [9.17, 15) is 0 Å². The van der Waals surface area contributed by atoms with Crippen LogP contribution in [0, 0.1) is 0 Å². The number of nitrogens with one attached hydrogen (secondary N) is 1. The molecule has 0 amide bonds. The van der Waals surface area contributed by atoms with Gasteiger partial charge in [0.05, 0.1) is 0 Å². The summed E-state index contributed by atoms with van der Waals surface area (Å²) in [4.78, 5) is 5.19. The molecule has 1 rings (SSSR count). The Morgan fingerprint density at radius 1 is 1.14 bits per heavy atom. The summed E-state index contributed by atoms with van der Waals surface area (Å²) < 4.78 is 0. The molecule has 1 aromatic carbocycles. The van der Waals surface area contributed by atoms with Gasteiger partial charge in [-0.2, -0.15) is 0 Å². The molecule has 0 aliphatic carbocycles. The molecule has 0 saturated heterocycles. The highest BCUT2D eigenvalue weighted by Gasteiger charge is 1.99. The molecule has 152 valence electrons. The number of rotatable bonds is 7. The molecular formula is C25H36N2S. The molecule has 0 aromatic heterocycles. The molecule has 0 saturated carbocycles. The zero-order chi connectivity index (χ0) is 21.4. The number of nitrogens with zero attached hydrogens (tertiary/aromatic N) is 1. The number of allylic oxidation sites excluding steroid dienone is 8. The normalized spacial score (nSPS) is 12.8. The number of thioether (sulfide) groups is 1. The fourth-order valence-corrected chi connectivity index (χ4v) is 2.75. The van der Waals surface area contributed by atoms with Gasteiger partial charge in [0, 0.05) is 13.6 Å². The summed E-state index contributed by atoms with van der Waals surface area (Å²) in [6.07, 6.45) is 9.44. The average Bonchev–Trinajstić information content (AvgIpc) is 2.72. The van der Waals surface area contributed by atoms with Crippen molar-refractivity contribution in [2.45, 2.75) is 47.6 Å². The minimum absolute atomic E-state index is 0.799. The van der Waals surface area contributed by atoms with Crippen molar-refractivity contribution >= 4 is 16.9 Å². The van der Waals surface area contributed by atoms with Crippen molar-refractivity contribution in [1.82, 2.24) is 5.32 Å². The molecule has 0 aliphatic rings. The van der Waals surface area contributed by atoms with Crippen LogP contribution in [0.4, 0.5) is 0 Å². The zero-order valence-electron chi connectivity index (χ0n) is 18.4. The summed E-state index contributed by atoms with van der Waals surface area (Å²) in [5, 5.41) is 4.18. The maximum atomic E-state index is 4.15. The largest absolute Gasteiger partial charge is 0.361 e. The standard InChI is InChI=1S/C13H20.C12H16N2S/c1-6-11(5)13(9-4)10-12(7-2)8-3;1-10(2)15-12(13-3)14-9-11-7-5-4-6-8-11/h6-7,9-10H,4,8H2,1-3,5H3;4-8H,1,9H2,2-3H3,(H,13,14)/b11-6+,12-7-,13-10+;. The lowest BCUT2D eigenvalue weighted by Crippen LogP contribution is -2.19. The smallest absolute Gasteiger partial charge is 0.161 e. The first-order chi connectivity index (χ1) is 13.4. The lowest BCUT2D eigenvalue weighted by Gasteiger charge is -2.08. The third kappa shape index (κ3) is 11.5. The predicted octanol–water partition coefficient (Wildman–Crippen LogP) is 7.45. The molecule has 28 heavy (non-hydrogen) atoms. The van der Waals surface area contributed by atoms with E-state index in [0.29, 0.717) is 0 Å². The first kappa shape index (κ1) is 25.7. The quantitative estimate of drug-likeness (QED) is 0.294. The number of hydrogen-bond donors (Lipinski definition) is 1. The maximum Gasteiger partial charge on any atom is 0.161 e. The second-order valence-corrected chi connectivity index (χ2v) is 7.45. The zero-order valence-corrected chi connectivity index (χ0v) is 19.2. The van der Waals surface area contributed by atoms with Crippen LogP contribution in [0.2, 0.25) is 0 Å². The molecule has 0 spiro atoms. The van der Waals surface area contributed by atoms with Gasteiger partial charge in [0.2, 0.25) is 0 Å². The van der Waals surface area contributed by atoms with Crippen LogP contribution in [-0.4, -0.2) is 12.2 Å². The molecule has 1 aromatic rings. The third-order valence-corrected chi connectivity index (χ3v) is 4.86. The van der Waals surface area contributed by atoms with Crippen LogP contribution in [-0.2, 0) is 6.54 Å². The van der Waals surface area contributed by atoms with Gasteiger partial charge in [-0.3, -0.25) is 4.99 Å². The summed E-state index contributed by atoms with van der Waals surface area (Å²) in [6.45, 7) is 18.8. The minimum Gasteiger partial charge on any atom is -0.361 e. The molecule has 3 heteroatoms. The molecule has 1 N–H and O–H groups in total. The van der Waals surface area contributed by atoms with E-state index < -0.39 is 0 Å². The van der Waals surface area contributed by atoms with Gasteiger partial charge in [-0.25, -0.2) is 0 Å². The molecule has 0 bridgehead atoms. The second-order valence-electron chi connectivity index (χ2n) is 6.16. The van der Waals surface area contributed by atoms with Gasteiger partial charge in [-0.1, -0.05) is 92.1 Å². The molecule has 0 fully saturated rings. The molecule has 0 aliphatic heterocycles. The molecular weight excluding hydrogens is 360 g/mol. The van der Waals surface area contributed by atoms with Gasteiger partial charge in [-0.05, 0) is 55.7 Å². The summed E-state index contributed by atoms with van der Waals surface area (Å²) in [5.41, 5.74) is 5.11. The Kier molecular flexibility index (Phi) is 14.5. The van der Waals surface area contributed by atoms with Crippen molar-refractivity contribution in [2.75, 3.05) is 7.05 Å². The van der Waals surface area contributed by atoms with Crippen molar-refractivity contribution in [3.05, 3.63) is 95.0 Å². The van der Waals surface area contributed by atoms with Crippen molar-refractivity contribution < 1.29 is 0 Å². The van der Waals surface area contributed by atoms with Gasteiger partial charge in [0.15, 0.2) is 5.17 Å². The first-order valence-corrected chi connectivity index (χ1v) is 10.4. The number of aliphatic imine (C=N–C) groups is 1. The Hall–Kier alpha value is -2.26. The highest BCUT2D eigenvalue weighted by atomic mass is 32.2. The Morgan fingerprint density at radius 3 is 2.21 bits per heavy atom. The Labute approximate surface area is 176 Å².